The summed E-state index contributed by atoms with van der Waals surface area (Å²) in [5.74, 6) is 0.590. The van der Waals surface area contributed by atoms with Crippen LogP contribution in [-0.2, 0) is 14.8 Å². The summed E-state index contributed by atoms with van der Waals surface area (Å²) in [5, 5.41) is 0. The Labute approximate surface area is 125 Å². The van der Waals surface area contributed by atoms with Crippen molar-refractivity contribution in [2.24, 2.45) is 0 Å². The van der Waals surface area contributed by atoms with Crippen molar-refractivity contribution < 1.29 is 17.9 Å². The second-order valence-electron chi connectivity index (χ2n) is 5.20. The Morgan fingerprint density at radius 3 is 2.67 bits per heavy atom. The fraction of sp³-hybridized carbons (Fsp3) is 0.500. The Kier molecular flexibility index (Phi) is 4.53. The van der Waals surface area contributed by atoms with Crippen molar-refractivity contribution in [3.63, 3.8) is 0 Å². The van der Waals surface area contributed by atoms with Crippen LogP contribution < -0.4 is 9.46 Å². The topological polar surface area (TPSA) is 75.7 Å². The molecule has 1 atom stereocenters. The number of aryl methyl sites for hydroxylation is 1. The maximum Gasteiger partial charge on any atom is 0.241 e. The van der Waals surface area contributed by atoms with E-state index in [-0.39, 0.29) is 16.8 Å². The number of carbonyl (C=O) groups excluding carboxylic acids is 1. The minimum atomic E-state index is -3.59. The number of rotatable bonds is 4. The summed E-state index contributed by atoms with van der Waals surface area (Å²) in [7, 11) is -2.05. The quantitative estimate of drug-likeness (QED) is 0.896. The zero-order valence-electron chi connectivity index (χ0n) is 12.4. The number of hydrogen-bond donors (Lipinski definition) is 1. The van der Waals surface area contributed by atoms with Crippen LogP contribution in [0, 0.1) is 6.92 Å². The first kappa shape index (κ1) is 15.8. The molecule has 0 radical (unpaired) electrons. The van der Waals surface area contributed by atoms with E-state index in [0.717, 1.165) is 0 Å². The number of amides is 1. The number of methoxy groups -OCH3 is 1. The number of likely N-dealkylation sites (tertiary alicyclic amines) is 1. The first-order chi connectivity index (χ1) is 9.83. The number of benzene rings is 1. The highest BCUT2D eigenvalue weighted by molar-refractivity contribution is 7.89. The molecule has 0 aliphatic carbocycles. The van der Waals surface area contributed by atoms with Crippen LogP contribution >= 0.6 is 0 Å². The third-order valence-electron chi connectivity index (χ3n) is 3.63. The SMILES string of the molecule is COc1ccc(S(=O)(=O)NC2CCN(C(C)=O)C2)c(C)c1. The van der Waals surface area contributed by atoms with Gasteiger partial charge in [-0.05, 0) is 37.1 Å². The van der Waals surface area contributed by atoms with Crippen molar-refractivity contribution in [2.75, 3.05) is 20.2 Å². The van der Waals surface area contributed by atoms with Crippen LogP contribution in [0.2, 0.25) is 0 Å². The summed E-state index contributed by atoms with van der Waals surface area (Å²) in [6.07, 6.45) is 0.633. The lowest BCUT2D eigenvalue weighted by atomic mass is 10.2. The van der Waals surface area contributed by atoms with E-state index in [9.17, 15) is 13.2 Å². The van der Waals surface area contributed by atoms with Crippen molar-refractivity contribution in [3.8, 4) is 5.75 Å². The normalized spacial score (nSPS) is 18.8. The Bertz CT molecular complexity index is 642. The molecule has 1 aliphatic rings. The van der Waals surface area contributed by atoms with Gasteiger partial charge in [0, 0.05) is 26.1 Å². The van der Waals surface area contributed by atoms with Crippen molar-refractivity contribution in [2.45, 2.75) is 31.2 Å². The van der Waals surface area contributed by atoms with Gasteiger partial charge in [0.1, 0.15) is 5.75 Å². The minimum absolute atomic E-state index is 0.0303. The Morgan fingerprint density at radius 2 is 2.14 bits per heavy atom. The van der Waals surface area contributed by atoms with Gasteiger partial charge in [0.05, 0.1) is 12.0 Å². The van der Waals surface area contributed by atoms with Crippen LogP contribution in [0.5, 0.6) is 5.75 Å². The third-order valence-corrected chi connectivity index (χ3v) is 5.31. The first-order valence-electron chi connectivity index (χ1n) is 6.76. The number of ether oxygens (including phenoxy) is 1. The van der Waals surface area contributed by atoms with Gasteiger partial charge in [-0.15, -0.1) is 0 Å². The molecule has 1 unspecified atom stereocenters. The fourth-order valence-electron chi connectivity index (χ4n) is 2.48. The lowest BCUT2D eigenvalue weighted by Crippen LogP contribution is -2.38. The van der Waals surface area contributed by atoms with Crippen LogP contribution in [0.25, 0.3) is 0 Å². The zero-order valence-corrected chi connectivity index (χ0v) is 13.2. The minimum Gasteiger partial charge on any atom is -0.497 e. The molecular formula is C14H20N2O4S. The van der Waals surface area contributed by atoms with Gasteiger partial charge in [0.25, 0.3) is 0 Å². The van der Waals surface area contributed by atoms with E-state index in [0.29, 0.717) is 30.8 Å². The van der Waals surface area contributed by atoms with Crippen LogP contribution in [0.3, 0.4) is 0 Å². The van der Waals surface area contributed by atoms with Gasteiger partial charge < -0.3 is 9.64 Å². The van der Waals surface area contributed by atoms with Gasteiger partial charge in [-0.1, -0.05) is 0 Å². The van der Waals surface area contributed by atoms with Crippen molar-refractivity contribution >= 4 is 15.9 Å². The zero-order chi connectivity index (χ0) is 15.6. The van der Waals surface area contributed by atoms with Gasteiger partial charge in [-0.25, -0.2) is 13.1 Å². The number of carbonyl (C=O) groups is 1. The third kappa shape index (κ3) is 3.54. The van der Waals surface area contributed by atoms with Crippen molar-refractivity contribution in [1.29, 1.82) is 0 Å². The summed E-state index contributed by atoms with van der Waals surface area (Å²) in [6, 6.07) is 4.61. The molecule has 2 rings (SSSR count). The maximum atomic E-state index is 12.4. The lowest BCUT2D eigenvalue weighted by Gasteiger charge is -2.16. The predicted octanol–water partition coefficient (Wildman–Crippen LogP) is 0.903. The van der Waals surface area contributed by atoms with Gasteiger partial charge in [-0.2, -0.15) is 0 Å². The summed E-state index contributed by atoms with van der Waals surface area (Å²) in [6.45, 7) is 4.23. The molecule has 0 aromatic heterocycles. The summed E-state index contributed by atoms with van der Waals surface area (Å²) < 4.78 is 32.6. The van der Waals surface area contributed by atoms with E-state index in [4.69, 9.17) is 4.74 Å². The van der Waals surface area contributed by atoms with E-state index in [1.807, 2.05) is 0 Å². The number of sulfonamides is 1. The molecule has 116 valence electrons. The monoisotopic (exact) mass is 312 g/mol. The summed E-state index contributed by atoms with van der Waals surface area (Å²) in [4.78, 5) is 13.2. The molecule has 6 nitrogen and oxygen atoms in total. The second-order valence-corrected chi connectivity index (χ2v) is 6.89. The highest BCUT2D eigenvalue weighted by Gasteiger charge is 2.29. The predicted molar refractivity (Wildman–Crippen MR) is 78.7 cm³/mol. The van der Waals surface area contributed by atoms with Crippen LogP contribution in [-0.4, -0.2) is 45.5 Å². The molecule has 7 heteroatoms. The molecule has 0 spiro atoms. The first-order valence-corrected chi connectivity index (χ1v) is 8.24. The highest BCUT2D eigenvalue weighted by atomic mass is 32.2. The Hall–Kier alpha value is -1.60. The molecule has 0 saturated carbocycles. The Morgan fingerprint density at radius 1 is 1.43 bits per heavy atom. The van der Waals surface area contributed by atoms with E-state index < -0.39 is 10.0 Å². The second kappa shape index (κ2) is 6.03. The van der Waals surface area contributed by atoms with E-state index >= 15 is 0 Å². The molecule has 1 aromatic rings. The van der Waals surface area contributed by atoms with E-state index in [1.165, 1.54) is 20.1 Å². The van der Waals surface area contributed by atoms with Crippen LogP contribution in [0.4, 0.5) is 0 Å². The molecular weight excluding hydrogens is 292 g/mol. The average Bonchev–Trinajstić information content (AvgIpc) is 2.86. The molecule has 1 amide bonds. The number of nitrogens with one attached hydrogen (secondary N) is 1. The van der Waals surface area contributed by atoms with E-state index in [1.54, 1.807) is 24.0 Å². The van der Waals surface area contributed by atoms with Gasteiger partial charge >= 0.3 is 0 Å². The van der Waals surface area contributed by atoms with Gasteiger partial charge in [0.15, 0.2) is 0 Å². The average molecular weight is 312 g/mol. The molecule has 0 bridgehead atoms. The molecule has 1 aromatic carbocycles. The molecule has 1 aliphatic heterocycles. The van der Waals surface area contributed by atoms with Gasteiger partial charge in [0.2, 0.25) is 15.9 Å². The van der Waals surface area contributed by atoms with Crippen molar-refractivity contribution in [1.82, 2.24) is 9.62 Å². The summed E-state index contributed by atoms with van der Waals surface area (Å²) >= 11 is 0. The largest absolute Gasteiger partial charge is 0.497 e. The molecule has 1 fully saturated rings. The molecule has 21 heavy (non-hydrogen) atoms. The molecule has 1 saturated heterocycles. The van der Waals surface area contributed by atoms with Crippen molar-refractivity contribution in [3.05, 3.63) is 23.8 Å². The number of nitrogens with zero attached hydrogens (tertiary/aromatic N) is 1. The van der Waals surface area contributed by atoms with Crippen LogP contribution in [0.1, 0.15) is 18.9 Å². The lowest BCUT2D eigenvalue weighted by molar-refractivity contribution is -0.127. The smallest absolute Gasteiger partial charge is 0.241 e. The maximum absolute atomic E-state index is 12.4. The molecule has 1 heterocycles. The summed E-state index contributed by atoms with van der Waals surface area (Å²) in [5.41, 5.74) is 0.628. The van der Waals surface area contributed by atoms with E-state index in [2.05, 4.69) is 4.72 Å². The molecule has 1 N–H and O–H groups in total. The van der Waals surface area contributed by atoms with Gasteiger partial charge in [-0.3, -0.25) is 4.79 Å². The fourth-order valence-corrected chi connectivity index (χ4v) is 3.96. The Balaban J connectivity index is 2.14. The standard InChI is InChI=1S/C14H20N2O4S/c1-10-8-13(20-3)4-5-14(10)21(18,19)15-12-6-7-16(9-12)11(2)17/h4-5,8,12,15H,6-7,9H2,1-3H3. The highest BCUT2D eigenvalue weighted by Crippen LogP contribution is 2.22. The van der Waals surface area contributed by atoms with Crippen LogP contribution in [0.15, 0.2) is 23.1 Å². The number of hydrogen-bond acceptors (Lipinski definition) is 4.